The van der Waals surface area contributed by atoms with Crippen LogP contribution in [0.3, 0.4) is 0 Å². The number of hydrogen-bond donors (Lipinski definition) is 1. The van der Waals surface area contributed by atoms with Gasteiger partial charge in [-0.25, -0.2) is 4.72 Å². The lowest BCUT2D eigenvalue weighted by atomic mass is 10.0. The molecule has 1 N–H and O–H groups in total. The molecule has 0 radical (unpaired) electrons. The van der Waals surface area contributed by atoms with Crippen molar-refractivity contribution in [3.63, 3.8) is 0 Å². The number of nitrogens with zero attached hydrogens (tertiary/aromatic N) is 2. The maximum absolute atomic E-state index is 12.4. The topological polar surface area (TPSA) is 61.9 Å². The summed E-state index contributed by atoms with van der Waals surface area (Å²) in [5.74, 6) is 0. The van der Waals surface area contributed by atoms with Crippen LogP contribution in [0.5, 0.6) is 0 Å². The zero-order valence-corrected chi connectivity index (χ0v) is 16.0. The number of ether oxygens (including phenoxy) is 1. The van der Waals surface area contributed by atoms with E-state index in [1.54, 1.807) is 7.05 Å². The molecule has 2 rings (SSSR count). The van der Waals surface area contributed by atoms with Crippen molar-refractivity contribution in [2.75, 3.05) is 39.9 Å². The monoisotopic (exact) mass is 375 g/mol. The molecule has 1 aromatic rings. The van der Waals surface area contributed by atoms with E-state index in [0.717, 1.165) is 18.7 Å². The van der Waals surface area contributed by atoms with Gasteiger partial charge >= 0.3 is 0 Å². The van der Waals surface area contributed by atoms with E-state index in [2.05, 4.69) is 9.62 Å². The van der Waals surface area contributed by atoms with Crippen molar-refractivity contribution < 1.29 is 13.2 Å². The van der Waals surface area contributed by atoms with Crippen LogP contribution >= 0.6 is 11.6 Å². The van der Waals surface area contributed by atoms with Crippen molar-refractivity contribution in [2.24, 2.45) is 0 Å². The van der Waals surface area contributed by atoms with Gasteiger partial charge in [0.1, 0.15) is 0 Å². The molecule has 0 spiro atoms. The first-order valence-corrected chi connectivity index (χ1v) is 9.93. The second kappa shape index (κ2) is 8.60. The van der Waals surface area contributed by atoms with Gasteiger partial charge in [-0.3, -0.25) is 4.90 Å². The molecule has 1 aliphatic rings. The van der Waals surface area contributed by atoms with Crippen LogP contribution in [-0.4, -0.2) is 63.6 Å². The molecule has 0 amide bonds. The molecule has 0 aliphatic carbocycles. The normalized spacial score (nSPS) is 18.2. The first kappa shape index (κ1) is 19.6. The van der Waals surface area contributed by atoms with Crippen LogP contribution in [0, 0.1) is 0 Å². The van der Waals surface area contributed by atoms with Crippen LogP contribution in [0.1, 0.15) is 25.5 Å². The van der Waals surface area contributed by atoms with E-state index in [4.69, 9.17) is 16.3 Å². The van der Waals surface area contributed by atoms with E-state index in [1.165, 1.54) is 4.31 Å². The minimum Gasteiger partial charge on any atom is -0.379 e. The van der Waals surface area contributed by atoms with E-state index in [1.807, 2.05) is 38.1 Å². The average molecular weight is 376 g/mol. The smallest absolute Gasteiger partial charge is 0.279 e. The van der Waals surface area contributed by atoms with Crippen molar-refractivity contribution in [2.45, 2.75) is 25.9 Å². The Balaban J connectivity index is 2.19. The molecule has 1 aromatic carbocycles. The van der Waals surface area contributed by atoms with Gasteiger partial charge in [-0.1, -0.05) is 29.8 Å². The van der Waals surface area contributed by atoms with Crippen LogP contribution in [0.15, 0.2) is 24.3 Å². The SMILES string of the molecule is CC(C)N(C)S(=O)(=O)NC[C@@H](c1ccccc1Cl)N1CCOCC1. The highest BCUT2D eigenvalue weighted by molar-refractivity contribution is 7.87. The maximum Gasteiger partial charge on any atom is 0.279 e. The van der Waals surface area contributed by atoms with Gasteiger partial charge in [-0.2, -0.15) is 12.7 Å². The molecule has 1 atom stereocenters. The van der Waals surface area contributed by atoms with Gasteiger partial charge in [0, 0.05) is 37.7 Å². The molecule has 1 saturated heterocycles. The predicted molar refractivity (Wildman–Crippen MR) is 96.4 cm³/mol. The summed E-state index contributed by atoms with van der Waals surface area (Å²) < 4.78 is 34.3. The Morgan fingerprint density at radius 2 is 1.92 bits per heavy atom. The minimum absolute atomic E-state index is 0.107. The Bertz CT molecular complexity index is 633. The molecule has 0 saturated carbocycles. The quantitative estimate of drug-likeness (QED) is 0.790. The fourth-order valence-corrected chi connectivity index (χ4v) is 4.02. The third kappa shape index (κ3) is 4.91. The summed E-state index contributed by atoms with van der Waals surface area (Å²) in [6, 6.07) is 7.34. The highest BCUT2D eigenvalue weighted by Gasteiger charge is 2.27. The summed E-state index contributed by atoms with van der Waals surface area (Å²) in [5.41, 5.74) is 0.927. The summed E-state index contributed by atoms with van der Waals surface area (Å²) in [4.78, 5) is 2.21. The third-order valence-corrected chi connectivity index (χ3v) is 6.37. The number of rotatable bonds is 7. The Kier molecular flexibility index (Phi) is 7.03. The summed E-state index contributed by atoms with van der Waals surface area (Å²) in [7, 11) is -1.96. The average Bonchev–Trinajstić information content (AvgIpc) is 2.56. The molecular weight excluding hydrogens is 350 g/mol. The fourth-order valence-electron chi connectivity index (χ4n) is 2.63. The Morgan fingerprint density at radius 1 is 1.29 bits per heavy atom. The predicted octanol–water partition coefficient (Wildman–Crippen LogP) is 1.89. The zero-order valence-electron chi connectivity index (χ0n) is 14.4. The Hall–Kier alpha value is -0.700. The van der Waals surface area contributed by atoms with Gasteiger partial charge in [0.05, 0.1) is 19.3 Å². The molecule has 0 bridgehead atoms. The molecule has 6 nitrogen and oxygen atoms in total. The first-order chi connectivity index (χ1) is 11.3. The second-order valence-corrected chi connectivity index (χ2v) is 8.37. The fraction of sp³-hybridized carbons (Fsp3) is 0.625. The van der Waals surface area contributed by atoms with Gasteiger partial charge in [-0.05, 0) is 25.5 Å². The molecule has 1 heterocycles. The van der Waals surface area contributed by atoms with E-state index in [9.17, 15) is 8.42 Å². The van der Waals surface area contributed by atoms with E-state index < -0.39 is 10.2 Å². The van der Waals surface area contributed by atoms with Gasteiger partial charge in [0.2, 0.25) is 0 Å². The first-order valence-electron chi connectivity index (χ1n) is 8.11. The van der Waals surface area contributed by atoms with Crippen molar-refractivity contribution in [1.29, 1.82) is 0 Å². The van der Waals surface area contributed by atoms with Crippen LogP contribution in [0.2, 0.25) is 5.02 Å². The summed E-state index contributed by atoms with van der Waals surface area (Å²) in [5, 5.41) is 0.644. The number of halogens is 1. The molecule has 1 aliphatic heterocycles. The molecule has 136 valence electrons. The standard InChI is InChI=1S/C16H26ClN3O3S/c1-13(2)19(3)24(21,22)18-12-16(20-8-10-23-11-9-20)14-6-4-5-7-15(14)17/h4-7,13,16,18H,8-12H2,1-3H3/t16-/m0/s1. The van der Waals surface area contributed by atoms with Crippen LogP contribution in [0.4, 0.5) is 0 Å². The summed E-state index contributed by atoms with van der Waals surface area (Å²) in [6.45, 7) is 6.72. The molecule has 8 heteroatoms. The highest BCUT2D eigenvalue weighted by atomic mass is 35.5. The van der Waals surface area contributed by atoms with Gasteiger partial charge in [0.25, 0.3) is 10.2 Å². The largest absolute Gasteiger partial charge is 0.379 e. The van der Waals surface area contributed by atoms with Gasteiger partial charge in [0.15, 0.2) is 0 Å². The summed E-state index contributed by atoms with van der Waals surface area (Å²) in [6.07, 6.45) is 0. The van der Waals surface area contributed by atoms with Crippen molar-refractivity contribution in [1.82, 2.24) is 13.9 Å². The van der Waals surface area contributed by atoms with Gasteiger partial charge in [-0.15, -0.1) is 0 Å². The number of hydrogen-bond acceptors (Lipinski definition) is 4. The molecule has 1 fully saturated rings. The number of morpholine rings is 1. The lowest BCUT2D eigenvalue weighted by Gasteiger charge is -2.35. The second-order valence-electron chi connectivity index (χ2n) is 6.15. The zero-order chi connectivity index (χ0) is 17.7. The van der Waals surface area contributed by atoms with Crippen molar-refractivity contribution in [3.8, 4) is 0 Å². The molecule has 0 aromatic heterocycles. The van der Waals surface area contributed by atoms with Crippen LogP contribution < -0.4 is 4.72 Å². The van der Waals surface area contributed by atoms with E-state index in [0.29, 0.717) is 18.2 Å². The number of benzene rings is 1. The number of nitrogens with one attached hydrogen (secondary N) is 1. The van der Waals surface area contributed by atoms with E-state index >= 15 is 0 Å². The van der Waals surface area contributed by atoms with Crippen LogP contribution in [-0.2, 0) is 14.9 Å². The summed E-state index contributed by atoms with van der Waals surface area (Å²) >= 11 is 6.36. The molecule has 0 unspecified atom stereocenters. The third-order valence-electron chi connectivity index (χ3n) is 4.32. The highest BCUT2D eigenvalue weighted by Crippen LogP contribution is 2.28. The minimum atomic E-state index is -3.53. The van der Waals surface area contributed by atoms with Gasteiger partial charge < -0.3 is 4.74 Å². The van der Waals surface area contributed by atoms with Crippen molar-refractivity contribution in [3.05, 3.63) is 34.9 Å². The van der Waals surface area contributed by atoms with Crippen LogP contribution in [0.25, 0.3) is 0 Å². The Morgan fingerprint density at radius 3 is 2.50 bits per heavy atom. The lowest BCUT2D eigenvalue weighted by Crippen LogP contribution is -2.47. The molecule has 24 heavy (non-hydrogen) atoms. The van der Waals surface area contributed by atoms with Crippen molar-refractivity contribution >= 4 is 21.8 Å². The van der Waals surface area contributed by atoms with E-state index in [-0.39, 0.29) is 18.6 Å². The maximum atomic E-state index is 12.4. The molecular formula is C16H26ClN3O3S. The Labute approximate surface area is 149 Å². The lowest BCUT2D eigenvalue weighted by molar-refractivity contribution is 0.0171.